The van der Waals surface area contributed by atoms with Crippen LogP contribution in [0.1, 0.15) is 21.6 Å². The van der Waals surface area contributed by atoms with E-state index in [1.165, 1.54) is 22.3 Å². The number of fused-ring (bicyclic) bond motifs is 3. The monoisotopic (exact) mass is 352 g/mol. The summed E-state index contributed by atoms with van der Waals surface area (Å²) in [5.41, 5.74) is 6.96. The predicted octanol–water partition coefficient (Wildman–Crippen LogP) is 4.09. The number of anilines is 1. The molecule has 4 aromatic rings. The van der Waals surface area contributed by atoms with Gasteiger partial charge in [0.15, 0.2) is 5.69 Å². The average molecular weight is 352 g/mol. The van der Waals surface area contributed by atoms with Crippen molar-refractivity contribution in [2.24, 2.45) is 0 Å². The fourth-order valence-electron chi connectivity index (χ4n) is 3.49. The average Bonchev–Trinajstić information content (AvgIpc) is 3.33. The van der Waals surface area contributed by atoms with Crippen LogP contribution in [-0.4, -0.2) is 20.9 Å². The first-order valence-electron chi connectivity index (χ1n) is 8.78. The van der Waals surface area contributed by atoms with Crippen LogP contribution >= 0.6 is 0 Å². The van der Waals surface area contributed by atoms with Gasteiger partial charge in [0.05, 0.1) is 11.9 Å². The van der Waals surface area contributed by atoms with Gasteiger partial charge in [-0.3, -0.25) is 4.79 Å². The number of rotatable bonds is 3. The first-order chi connectivity index (χ1) is 13.3. The van der Waals surface area contributed by atoms with Crippen LogP contribution in [0, 0.1) is 0 Å². The summed E-state index contributed by atoms with van der Waals surface area (Å²) in [7, 11) is 0. The van der Waals surface area contributed by atoms with Gasteiger partial charge in [0, 0.05) is 5.69 Å². The standard InChI is InChI=1S/C22H16N4O/c27-22(21-14-26(25-24-21)18-7-2-1-3-8-18)23-17-10-11-20-16(13-17)12-15-6-4-5-9-19(15)20/h1-11,13-14H,12H2,(H,23,27). The minimum atomic E-state index is -0.271. The molecule has 1 aliphatic rings. The fourth-order valence-corrected chi connectivity index (χ4v) is 3.49. The van der Waals surface area contributed by atoms with Gasteiger partial charge in [-0.25, -0.2) is 4.68 Å². The maximum Gasteiger partial charge on any atom is 0.277 e. The van der Waals surface area contributed by atoms with Crippen LogP contribution in [0.15, 0.2) is 79.0 Å². The van der Waals surface area contributed by atoms with E-state index in [-0.39, 0.29) is 11.6 Å². The number of hydrogen-bond acceptors (Lipinski definition) is 3. The lowest BCUT2D eigenvalue weighted by Gasteiger charge is -2.06. The Kier molecular flexibility index (Phi) is 3.57. The summed E-state index contributed by atoms with van der Waals surface area (Å²) in [6.07, 6.45) is 2.52. The molecule has 3 aromatic carbocycles. The molecule has 1 aliphatic carbocycles. The highest BCUT2D eigenvalue weighted by atomic mass is 16.2. The van der Waals surface area contributed by atoms with Crippen molar-refractivity contribution >= 4 is 11.6 Å². The van der Waals surface area contributed by atoms with Crippen molar-refractivity contribution in [1.82, 2.24) is 15.0 Å². The van der Waals surface area contributed by atoms with Crippen LogP contribution in [0.2, 0.25) is 0 Å². The minimum absolute atomic E-state index is 0.271. The third-order valence-electron chi connectivity index (χ3n) is 4.80. The van der Waals surface area contributed by atoms with Gasteiger partial charge in [-0.05, 0) is 52.9 Å². The maximum absolute atomic E-state index is 12.6. The Morgan fingerprint density at radius 3 is 2.56 bits per heavy atom. The molecule has 0 atom stereocenters. The largest absolute Gasteiger partial charge is 0.321 e. The van der Waals surface area contributed by atoms with Gasteiger partial charge in [0.2, 0.25) is 0 Å². The second-order valence-electron chi connectivity index (χ2n) is 6.54. The molecule has 1 heterocycles. The zero-order valence-corrected chi connectivity index (χ0v) is 14.5. The number of para-hydroxylation sites is 1. The molecule has 0 spiro atoms. The lowest BCUT2D eigenvalue weighted by molar-refractivity contribution is 0.102. The van der Waals surface area contributed by atoms with Crippen molar-refractivity contribution in [3.05, 3.63) is 95.8 Å². The van der Waals surface area contributed by atoms with Gasteiger partial charge >= 0.3 is 0 Å². The first-order valence-corrected chi connectivity index (χ1v) is 8.78. The van der Waals surface area contributed by atoms with Crippen molar-refractivity contribution in [2.45, 2.75) is 6.42 Å². The summed E-state index contributed by atoms with van der Waals surface area (Å²) in [5.74, 6) is -0.271. The molecule has 5 rings (SSSR count). The van der Waals surface area contributed by atoms with E-state index in [4.69, 9.17) is 0 Å². The van der Waals surface area contributed by atoms with E-state index < -0.39 is 0 Å². The lowest BCUT2D eigenvalue weighted by Crippen LogP contribution is -2.12. The quantitative estimate of drug-likeness (QED) is 0.532. The number of carbonyl (C=O) groups is 1. The van der Waals surface area contributed by atoms with Crippen LogP contribution in [-0.2, 0) is 6.42 Å². The van der Waals surface area contributed by atoms with Crippen LogP contribution in [0.25, 0.3) is 16.8 Å². The Bertz CT molecular complexity index is 1150. The number of aromatic nitrogens is 3. The molecule has 0 bridgehead atoms. The number of nitrogens with one attached hydrogen (secondary N) is 1. The Balaban J connectivity index is 1.37. The fraction of sp³-hybridized carbons (Fsp3) is 0.0455. The van der Waals surface area contributed by atoms with Gasteiger partial charge in [-0.15, -0.1) is 5.10 Å². The van der Waals surface area contributed by atoms with E-state index in [1.807, 2.05) is 42.5 Å². The van der Waals surface area contributed by atoms with E-state index in [9.17, 15) is 4.79 Å². The summed E-state index contributed by atoms with van der Waals surface area (Å²) >= 11 is 0. The van der Waals surface area contributed by atoms with E-state index in [1.54, 1.807) is 10.9 Å². The van der Waals surface area contributed by atoms with E-state index >= 15 is 0 Å². The Morgan fingerprint density at radius 1 is 0.889 bits per heavy atom. The highest BCUT2D eigenvalue weighted by Gasteiger charge is 2.19. The Morgan fingerprint density at radius 2 is 1.67 bits per heavy atom. The number of benzene rings is 3. The van der Waals surface area contributed by atoms with Crippen LogP contribution in [0.5, 0.6) is 0 Å². The molecule has 5 heteroatoms. The first kappa shape index (κ1) is 15.5. The molecule has 0 saturated heterocycles. The van der Waals surface area contributed by atoms with Crippen molar-refractivity contribution in [3.8, 4) is 16.8 Å². The smallest absolute Gasteiger partial charge is 0.277 e. The van der Waals surface area contributed by atoms with E-state index in [0.29, 0.717) is 0 Å². The van der Waals surface area contributed by atoms with E-state index in [2.05, 4.69) is 46.0 Å². The van der Waals surface area contributed by atoms with Crippen molar-refractivity contribution in [3.63, 3.8) is 0 Å². The molecule has 0 saturated carbocycles. The SMILES string of the molecule is O=C(Nc1ccc2c(c1)Cc1ccccc1-2)c1cn(-c2ccccc2)nn1. The molecule has 0 aliphatic heterocycles. The minimum Gasteiger partial charge on any atom is -0.321 e. The topological polar surface area (TPSA) is 59.8 Å². The van der Waals surface area contributed by atoms with Gasteiger partial charge in [0.25, 0.3) is 5.91 Å². The number of nitrogens with zero attached hydrogens (tertiary/aromatic N) is 3. The number of hydrogen-bond donors (Lipinski definition) is 1. The summed E-state index contributed by atoms with van der Waals surface area (Å²) in [4.78, 5) is 12.6. The summed E-state index contributed by atoms with van der Waals surface area (Å²) in [6, 6.07) is 24.0. The molecular formula is C22H16N4O. The molecule has 0 radical (unpaired) electrons. The second-order valence-corrected chi connectivity index (χ2v) is 6.54. The third-order valence-corrected chi connectivity index (χ3v) is 4.80. The van der Waals surface area contributed by atoms with Gasteiger partial charge in [0.1, 0.15) is 0 Å². The zero-order chi connectivity index (χ0) is 18.2. The van der Waals surface area contributed by atoms with Crippen molar-refractivity contribution in [1.29, 1.82) is 0 Å². The Hall–Kier alpha value is -3.73. The highest BCUT2D eigenvalue weighted by Crippen LogP contribution is 2.37. The summed E-state index contributed by atoms with van der Waals surface area (Å²) in [6.45, 7) is 0. The summed E-state index contributed by atoms with van der Waals surface area (Å²) < 4.78 is 1.59. The maximum atomic E-state index is 12.6. The van der Waals surface area contributed by atoms with Crippen LogP contribution in [0.3, 0.4) is 0 Å². The molecule has 5 nitrogen and oxygen atoms in total. The molecular weight excluding hydrogens is 336 g/mol. The molecule has 0 fully saturated rings. The van der Waals surface area contributed by atoms with Gasteiger partial charge < -0.3 is 5.32 Å². The highest BCUT2D eigenvalue weighted by molar-refractivity contribution is 6.03. The molecule has 1 amide bonds. The second kappa shape index (κ2) is 6.21. The van der Waals surface area contributed by atoms with Crippen molar-refractivity contribution < 1.29 is 4.79 Å². The van der Waals surface area contributed by atoms with Crippen molar-refractivity contribution in [2.75, 3.05) is 5.32 Å². The normalized spacial score (nSPS) is 11.7. The Labute approximate surface area is 156 Å². The zero-order valence-electron chi connectivity index (χ0n) is 14.5. The van der Waals surface area contributed by atoms with Crippen LogP contribution < -0.4 is 5.32 Å². The molecule has 0 unspecified atom stereocenters. The number of carbonyl (C=O) groups excluding carboxylic acids is 1. The summed E-state index contributed by atoms with van der Waals surface area (Å²) in [5, 5.41) is 11.0. The molecule has 1 N–H and O–H groups in total. The lowest BCUT2D eigenvalue weighted by atomic mass is 10.1. The van der Waals surface area contributed by atoms with Gasteiger partial charge in [-0.1, -0.05) is 53.7 Å². The predicted molar refractivity (Wildman–Crippen MR) is 104 cm³/mol. The van der Waals surface area contributed by atoms with E-state index in [0.717, 1.165) is 17.8 Å². The molecule has 130 valence electrons. The van der Waals surface area contributed by atoms with Gasteiger partial charge in [-0.2, -0.15) is 0 Å². The number of amides is 1. The van der Waals surface area contributed by atoms with Crippen LogP contribution in [0.4, 0.5) is 5.69 Å². The molecule has 27 heavy (non-hydrogen) atoms. The third kappa shape index (κ3) is 2.79. The molecule has 1 aromatic heterocycles.